The van der Waals surface area contributed by atoms with E-state index in [0.717, 1.165) is 0 Å². The van der Waals surface area contributed by atoms with Crippen LogP contribution < -0.4 is 10.6 Å². The molecule has 0 aliphatic carbocycles. The number of nitrogens with one attached hydrogen (secondary N) is 2. The molecule has 2 amide bonds. The summed E-state index contributed by atoms with van der Waals surface area (Å²) in [5.74, 6) is 0.680. The summed E-state index contributed by atoms with van der Waals surface area (Å²) in [6.45, 7) is 5.77. The Balaban J connectivity index is 1.82. The van der Waals surface area contributed by atoms with Crippen LogP contribution in [0.1, 0.15) is 35.7 Å². The molecule has 6 heteroatoms. The zero-order valence-corrected chi connectivity index (χ0v) is 16.2. The summed E-state index contributed by atoms with van der Waals surface area (Å²) >= 11 is 0. The molecule has 1 heterocycles. The molecule has 2 N–H and O–H groups in total. The van der Waals surface area contributed by atoms with Crippen molar-refractivity contribution in [3.05, 3.63) is 71.6 Å². The van der Waals surface area contributed by atoms with Gasteiger partial charge in [-0.2, -0.15) is 0 Å². The molecular formula is C22H23N3O3. The molecule has 3 rings (SSSR count). The lowest BCUT2D eigenvalue weighted by molar-refractivity contribution is -0.124. The number of hydrogen-bond donors (Lipinski definition) is 2. The maximum Gasteiger partial charge on any atom is 0.255 e. The van der Waals surface area contributed by atoms with Crippen LogP contribution in [0, 0.1) is 12.8 Å². The molecule has 6 nitrogen and oxygen atoms in total. The number of para-hydroxylation sites is 1. The van der Waals surface area contributed by atoms with E-state index in [1.807, 2.05) is 50.2 Å². The van der Waals surface area contributed by atoms with Crippen molar-refractivity contribution in [1.82, 2.24) is 10.3 Å². The van der Waals surface area contributed by atoms with Gasteiger partial charge in [0, 0.05) is 11.5 Å². The van der Waals surface area contributed by atoms with Crippen LogP contribution >= 0.6 is 0 Å². The highest BCUT2D eigenvalue weighted by Gasteiger charge is 2.17. The Labute approximate surface area is 164 Å². The molecular weight excluding hydrogens is 354 g/mol. The maximum atomic E-state index is 12.5. The third kappa shape index (κ3) is 4.46. The summed E-state index contributed by atoms with van der Waals surface area (Å²) in [6.07, 6.45) is 0. The molecule has 1 aromatic heterocycles. The fourth-order valence-electron chi connectivity index (χ4n) is 2.64. The second-order valence-electron chi connectivity index (χ2n) is 6.76. The number of aromatic nitrogens is 1. The zero-order valence-electron chi connectivity index (χ0n) is 16.2. The minimum absolute atomic E-state index is 0.0422. The van der Waals surface area contributed by atoms with Gasteiger partial charge in [0.15, 0.2) is 0 Å². The van der Waals surface area contributed by atoms with Gasteiger partial charge in [-0.1, -0.05) is 44.2 Å². The highest BCUT2D eigenvalue weighted by molar-refractivity contribution is 6.05. The van der Waals surface area contributed by atoms with E-state index in [0.29, 0.717) is 40.7 Å². The lowest BCUT2D eigenvalue weighted by Gasteiger charge is -2.09. The van der Waals surface area contributed by atoms with Crippen molar-refractivity contribution in [2.75, 3.05) is 5.32 Å². The highest BCUT2D eigenvalue weighted by atomic mass is 16.4. The van der Waals surface area contributed by atoms with Gasteiger partial charge in [0.1, 0.15) is 11.5 Å². The number of carbonyl (C=O) groups is 2. The van der Waals surface area contributed by atoms with E-state index in [-0.39, 0.29) is 17.7 Å². The minimum atomic E-state index is -0.208. The lowest BCUT2D eigenvalue weighted by Crippen LogP contribution is -2.27. The number of benzene rings is 2. The molecule has 0 radical (unpaired) electrons. The smallest absolute Gasteiger partial charge is 0.255 e. The Morgan fingerprint density at radius 1 is 1.04 bits per heavy atom. The number of anilines is 1. The molecule has 0 atom stereocenters. The summed E-state index contributed by atoms with van der Waals surface area (Å²) in [5, 5.41) is 5.75. The summed E-state index contributed by atoms with van der Waals surface area (Å²) in [4.78, 5) is 28.8. The third-order valence-electron chi connectivity index (χ3n) is 4.29. The summed E-state index contributed by atoms with van der Waals surface area (Å²) in [5.41, 5.74) is 2.51. The molecule has 0 bridgehead atoms. The average Bonchev–Trinajstić information content (AvgIpc) is 3.07. The van der Waals surface area contributed by atoms with Gasteiger partial charge in [0.2, 0.25) is 11.8 Å². The van der Waals surface area contributed by atoms with E-state index in [4.69, 9.17) is 4.42 Å². The number of oxazole rings is 1. The Morgan fingerprint density at radius 3 is 2.43 bits per heavy atom. The first kappa shape index (κ1) is 19.4. The van der Waals surface area contributed by atoms with Crippen molar-refractivity contribution in [1.29, 1.82) is 0 Å². The van der Waals surface area contributed by atoms with E-state index in [1.54, 1.807) is 25.1 Å². The molecule has 3 aromatic rings. The molecule has 144 valence electrons. The van der Waals surface area contributed by atoms with Crippen molar-refractivity contribution in [2.24, 2.45) is 5.92 Å². The van der Waals surface area contributed by atoms with E-state index >= 15 is 0 Å². The monoisotopic (exact) mass is 377 g/mol. The zero-order chi connectivity index (χ0) is 20.1. The van der Waals surface area contributed by atoms with Crippen molar-refractivity contribution < 1.29 is 14.0 Å². The molecule has 28 heavy (non-hydrogen) atoms. The van der Waals surface area contributed by atoms with Gasteiger partial charge >= 0.3 is 0 Å². The minimum Gasteiger partial charge on any atom is -0.441 e. The van der Waals surface area contributed by atoms with E-state index in [2.05, 4.69) is 15.6 Å². The number of rotatable bonds is 6. The Kier molecular flexibility index (Phi) is 5.89. The fraction of sp³-hybridized carbons (Fsp3) is 0.227. The predicted molar refractivity (Wildman–Crippen MR) is 108 cm³/mol. The van der Waals surface area contributed by atoms with Gasteiger partial charge in [-0.25, -0.2) is 4.98 Å². The van der Waals surface area contributed by atoms with E-state index in [9.17, 15) is 9.59 Å². The van der Waals surface area contributed by atoms with Crippen LogP contribution in [0.4, 0.5) is 5.69 Å². The van der Waals surface area contributed by atoms with Gasteiger partial charge in [-0.3, -0.25) is 9.59 Å². The molecule has 0 fully saturated rings. The predicted octanol–water partition coefficient (Wildman–Crippen LogP) is 4.17. The van der Waals surface area contributed by atoms with Gasteiger partial charge in [-0.15, -0.1) is 0 Å². The first-order chi connectivity index (χ1) is 13.5. The van der Waals surface area contributed by atoms with E-state index in [1.165, 1.54) is 0 Å². The van der Waals surface area contributed by atoms with Crippen molar-refractivity contribution in [3.63, 3.8) is 0 Å². The first-order valence-electron chi connectivity index (χ1n) is 9.15. The Morgan fingerprint density at radius 2 is 1.71 bits per heavy atom. The van der Waals surface area contributed by atoms with Gasteiger partial charge in [-0.05, 0) is 31.2 Å². The third-order valence-corrected chi connectivity index (χ3v) is 4.29. The largest absolute Gasteiger partial charge is 0.441 e. The number of hydrogen-bond acceptors (Lipinski definition) is 4. The molecule has 0 spiro atoms. The second-order valence-corrected chi connectivity index (χ2v) is 6.76. The molecule has 2 aromatic carbocycles. The number of aryl methyl sites for hydroxylation is 1. The van der Waals surface area contributed by atoms with Gasteiger partial charge in [0.25, 0.3) is 5.91 Å². The van der Waals surface area contributed by atoms with Gasteiger partial charge < -0.3 is 15.1 Å². The van der Waals surface area contributed by atoms with Gasteiger partial charge in [0.05, 0.1) is 17.8 Å². The normalized spacial score (nSPS) is 10.7. The van der Waals surface area contributed by atoms with Crippen LogP contribution in [-0.4, -0.2) is 16.8 Å². The number of amides is 2. The maximum absolute atomic E-state index is 12.5. The highest BCUT2D eigenvalue weighted by Crippen LogP contribution is 2.29. The molecule has 0 saturated heterocycles. The quantitative estimate of drug-likeness (QED) is 0.675. The Bertz CT molecular complexity index is 978. The molecule has 0 aliphatic rings. The van der Waals surface area contributed by atoms with Crippen LogP contribution in [0.25, 0.3) is 11.5 Å². The number of nitrogens with zero attached hydrogens (tertiary/aromatic N) is 1. The van der Waals surface area contributed by atoms with Crippen LogP contribution in [0.5, 0.6) is 0 Å². The second kappa shape index (κ2) is 8.52. The summed E-state index contributed by atoms with van der Waals surface area (Å²) in [7, 11) is 0. The summed E-state index contributed by atoms with van der Waals surface area (Å²) in [6, 6.07) is 16.3. The van der Waals surface area contributed by atoms with Crippen molar-refractivity contribution >= 4 is 17.5 Å². The summed E-state index contributed by atoms with van der Waals surface area (Å²) < 4.78 is 5.81. The average molecular weight is 377 g/mol. The molecule has 0 aliphatic heterocycles. The van der Waals surface area contributed by atoms with Crippen LogP contribution in [0.3, 0.4) is 0 Å². The Hall–Kier alpha value is -3.41. The van der Waals surface area contributed by atoms with Crippen LogP contribution in [-0.2, 0) is 11.3 Å². The molecule has 0 unspecified atom stereocenters. The van der Waals surface area contributed by atoms with Crippen LogP contribution in [0.2, 0.25) is 0 Å². The van der Waals surface area contributed by atoms with Crippen LogP contribution in [0.15, 0.2) is 59.0 Å². The lowest BCUT2D eigenvalue weighted by atomic mass is 10.1. The first-order valence-corrected chi connectivity index (χ1v) is 9.15. The fourth-order valence-corrected chi connectivity index (χ4v) is 2.64. The topological polar surface area (TPSA) is 84.2 Å². The standard InChI is InChI=1S/C22H23N3O3/c1-14(2)20(26)23-13-19-15(3)28-22(25-19)17-11-7-8-12-18(17)24-21(27)16-9-5-4-6-10-16/h4-12,14H,13H2,1-3H3,(H,23,26)(H,24,27). The van der Waals surface area contributed by atoms with Crippen molar-refractivity contribution in [3.8, 4) is 11.5 Å². The SMILES string of the molecule is Cc1oc(-c2ccccc2NC(=O)c2ccccc2)nc1CNC(=O)C(C)C. The number of carbonyl (C=O) groups excluding carboxylic acids is 2. The van der Waals surface area contributed by atoms with Crippen molar-refractivity contribution in [2.45, 2.75) is 27.3 Å². The van der Waals surface area contributed by atoms with E-state index < -0.39 is 0 Å². The molecule has 0 saturated carbocycles.